The summed E-state index contributed by atoms with van der Waals surface area (Å²) in [6.45, 7) is 0. The van der Waals surface area contributed by atoms with Crippen LogP contribution >= 0.6 is 0 Å². The van der Waals surface area contributed by atoms with E-state index < -0.39 is 17.4 Å². The van der Waals surface area contributed by atoms with E-state index in [2.05, 4.69) is 9.97 Å². The second-order valence-electron chi connectivity index (χ2n) is 4.31. The fraction of sp³-hybridized carbons (Fsp3) is 0.455. The van der Waals surface area contributed by atoms with Gasteiger partial charge in [-0.25, -0.2) is 9.78 Å². The van der Waals surface area contributed by atoms with Crippen LogP contribution in [-0.4, -0.2) is 30.3 Å². The van der Waals surface area contributed by atoms with Crippen molar-refractivity contribution in [1.82, 2.24) is 19.1 Å². The summed E-state index contributed by atoms with van der Waals surface area (Å²) < 4.78 is 2.24. The van der Waals surface area contributed by atoms with Gasteiger partial charge in [0, 0.05) is 20.5 Å². The number of fused-ring (bicyclic) bond motifs is 1. The number of aliphatic hydroxyl groups is 1. The van der Waals surface area contributed by atoms with E-state index in [4.69, 9.17) is 5.26 Å². The molecule has 0 fully saturated rings. The summed E-state index contributed by atoms with van der Waals surface area (Å²) in [4.78, 5) is 30.5. The lowest BCUT2D eigenvalue weighted by Gasteiger charge is -2.01. The third-order valence-electron chi connectivity index (χ3n) is 2.90. The minimum Gasteiger partial charge on any atom is -0.392 e. The Morgan fingerprint density at radius 1 is 1.42 bits per heavy atom. The predicted molar refractivity (Wildman–Crippen MR) is 66.5 cm³/mol. The van der Waals surface area contributed by atoms with Gasteiger partial charge in [-0.3, -0.25) is 13.9 Å². The number of nitriles is 1. The van der Waals surface area contributed by atoms with Gasteiger partial charge in [-0.15, -0.1) is 0 Å². The summed E-state index contributed by atoms with van der Waals surface area (Å²) in [5, 5.41) is 18.0. The maximum Gasteiger partial charge on any atom is 0.332 e. The molecular formula is C11H13N5O3. The Morgan fingerprint density at radius 3 is 2.74 bits per heavy atom. The summed E-state index contributed by atoms with van der Waals surface area (Å²) in [6.07, 6.45) is -0.750. The second kappa shape index (κ2) is 4.70. The molecule has 8 nitrogen and oxygen atoms in total. The van der Waals surface area contributed by atoms with E-state index in [0.29, 0.717) is 5.82 Å². The van der Waals surface area contributed by atoms with Crippen LogP contribution in [0.25, 0.3) is 11.2 Å². The number of nitrogens with zero attached hydrogens (tertiary/aromatic N) is 4. The Kier molecular flexibility index (Phi) is 3.23. The molecular weight excluding hydrogens is 250 g/mol. The van der Waals surface area contributed by atoms with Crippen LogP contribution in [0.3, 0.4) is 0 Å². The molecule has 0 aliphatic rings. The maximum atomic E-state index is 11.9. The largest absolute Gasteiger partial charge is 0.392 e. The first-order chi connectivity index (χ1) is 8.95. The SMILES string of the molecule is Cn1c(=O)c2[nH]c(CC(O)CC#N)nc2n(C)c1=O. The average molecular weight is 263 g/mol. The van der Waals surface area contributed by atoms with Gasteiger partial charge in [-0.1, -0.05) is 0 Å². The van der Waals surface area contributed by atoms with Crippen molar-refractivity contribution in [3.63, 3.8) is 0 Å². The minimum absolute atomic E-state index is 0.0199. The highest BCUT2D eigenvalue weighted by atomic mass is 16.3. The number of aryl methyl sites for hydroxylation is 1. The van der Waals surface area contributed by atoms with Crippen molar-refractivity contribution in [2.24, 2.45) is 14.1 Å². The highest BCUT2D eigenvalue weighted by molar-refractivity contribution is 5.69. The quantitative estimate of drug-likeness (QED) is 0.719. The van der Waals surface area contributed by atoms with Gasteiger partial charge in [-0.05, 0) is 0 Å². The Labute approximate surface area is 107 Å². The van der Waals surface area contributed by atoms with E-state index in [1.807, 2.05) is 6.07 Å². The molecule has 8 heteroatoms. The summed E-state index contributed by atoms with van der Waals surface area (Å²) in [5.41, 5.74) is -0.476. The van der Waals surface area contributed by atoms with Gasteiger partial charge >= 0.3 is 5.69 Å². The van der Waals surface area contributed by atoms with Gasteiger partial charge in [-0.2, -0.15) is 5.26 Å². The van der Waals surface area contributed by atoms with Crippen molar-refractivity contribution >= 4 is 11.2 Å². The molecule has 1 unspecified atom stereocenters. The molecule has 2 aromatic heterocycles. The molecule has 0 radical (unpaired) electrons. The molecule has 0 amide bonds. The number of imidazole rings is 1. The van der Waals surface area contributed by atoms with Crippen LogP contribution in [0.1, 0.15) is 12.2 Å². The van der Waals surface area contributed by atoms with Gasteiger partial charge in [0.05, 0.1) is 18.6 Å². The van der Waals surface area contributed by atoms with E-state index in [1.165, 1.54) is 18.7 Å². The van der Waals surface area contributed by atoms with E-state index in [9.17, 15) is 14.7 Å². The van der Waals surface area contributed by atoms with Crippen LogP contribution in [0.15, 0.2) is 9.59 Å². The van der Waals surface area contributed by atoms with E-state index in [0.717, 1.165) is 4.57 Å². The fourth-order valence-electron chi connectivity index (χ4n) is 1.87. The normalized spacial score (nSPS) is 12.5. The van der Waals surface area contributed by atoms with Gasteiger partial charge in [0.15, 0.2) is 5.65 Å². The zero-order valence-corrected chi connectivity index (χ0v) is 10.5. The molecule has 0 saturated heterocycles. The van der Waals surface area contributed by atoms with Crippen LogP contribution in [0, 0.1) is 11.3 Å². The minimum atomic E-state index is -0.855. The summed E-state index contributed by atoms with van der Waals surface area (Å²) in [6, 6.07) is 1.85. The number of aromatic amines is 1. The van der Waals surface area contributed by atoms with Crippen molar-refractivity contribution in [1.29, 1.82) is 5.26 Å². The Hall–Kier alpha value is -2.40. The second-order valence-corrected chi connectivity index (χ2v) is 4.31. The Balaban J connectivity index is 2.56. The number of nitrogens with one attached hydrogen (secondary N) is 1. The van der Waals surface area contributed by atoms with E-state index in [-0.39, 0.29) is 24.0 Å². The number of H-pyrrole nitrogens is 1. The fourth-order valence-corrected chi connectivity index (χ4v) is 1.87. The summed E-state index contributed by atoms with van der Waals surface area (Å²) in [7, 11) is 2.90. The molecule has 19 heavy (non-hydrogen) atoms. The van der Waals surface area contributed by atoms with Crippen molar-refractivity contribution in [2.75, 3.05) is 0 Å². The van der Waals surface area contributed by atoms with E-state index in [1.54, 1.807) is 0 Å². The first kappa shape index (κ1) is 13.0. The maximum absolute atomic E-state index is 11.9. The van der Waals surface area contributed by atoms with Crippen molar-refractivity contribution in [3.8, 4) is 6.07 Å². The lowest BCUT2D eigenvalue weighted by Crippen LogP contribution is -2.36. The topological polar surface area (TPSA) is 117 Å². The van der Waals surface area contributed by atoms with Crippen LogP contribution < -0.4 is 11.2 Å². The number of aromatic nitrogens is 4. The van der Waals surface area contributed by atoms with Crippen molar-refractivity contribution < 1.29 is 5.11 Å². The molecule has 0 bridgehead atoms. The third-order valence-corrected chi connectivity index (χ3v) is 2.90. The third kappa shape index (κ3) is 2.15. The zero-order valence-electron chi connectivity index (χ0n) is 10.5. The van der Waals surface area contributed by atoms with Crippen LogP contribution in [0.5, 0.6) is 0 Å². The van der Waals surface area contributed by atoms with Gasteiger partial charge in [0.2, 0.25) is 0 Å². The number of rotatable bonds is 3. The monoisotopic (exact) mass is 263 g/mol. The Bertz CT molecular complexity index is 776. The van der Waals surface area contributed by atoms with Gasteiger partial charge < -0.3 is 10.1 Å². The molecule has 100 valence electrons. The molecule has 0 aliphatic heterocycles. The smallest absolute Gasteiger partial charge is 0.332 e. The summed E-state index contributed by atoms with van der Waals surface area (Å²) >= 11 is 0. The lowest BCUT2D eigenvalue weighted by atomic mass is 10.2. The van der Waals surface area contributed by atoms with E-state index >= 15 is 0 Å². The number of hydrogen-bond acceptors (Lipinski definition) is 5. The van der Waals surface area contributed by atoms with Crippen molar-refractivity contribution in [3.05, 3.63) is 26.7 Å². The predicted octanol–water partition coefficient (Wildman–Crippen LogP) is -1.22. The van der Waals surface area contributed by atoms with Crippen LogP contribution in [0.4, 0.5) is 0 Å². The standard InChI is InChI=1S/C11H13N5O3/c1-15-9-8(10(18)16(2)11(15)19)13-7(14-9)5-6(17)3-4-12/h6,17H,3,5H2,1-2H3,(H,13,14). The molecule has 2 aromatic rings. The molecule has 2 N–H and O–H groups in total. The molecule has 0 spiro atoms. The summed E-state index contributed by atoms with van der Waals surface area (Å²) in [5.74, 6) is 0.371. The van der Waals surface area contributed by atoms with Gasteiger partial charge in [0.25, 0.3) is 5.56 Å². The van der Waals surface area contributed by atoms with Gasteiger partial charge in [0.1, 0.15) is 11.3 Å². The first-order valence-corrected chi connectivity index (χ1v) is 5.65. The number of hydrogen-bond donors (Lipinski definition) is 2. The molecule has 0 aromatic carbocycles. The average Bonchev–Trinajstić information content (AvgIpc) is 2.78. The molecule has 2 heterocycles. The van der Waals surface area contributed by atoms with Crippen LogP contribution in [-0.2, 0) is 20.5 Å². The lowest BCUT2D eigenvalue weighted by molar-refractivity contribution is 0.178. The van der Waals surface area contributed by atoms with Crippen LogP contribution in [0.2, 0.25) is 0 Å². The molecule has 2 rings (SSSR count). The molecule has 1 atom stereocenters. The molecule has 0 saturated carbocycles. The highest BCUT2D eigenvalue weighted by Crippen LogP contribution is 2.07. The number of aliphatic hydroxyl groups excluding tert-OH is 1. The first-order valence-electron chi connectivity index (χ1n) is 5.65. The highest BCUT2D eigenvalue weighted by Gasteiger charge is 2.15. The molecule has 0 aliphatic carbocycles. The van der Waals surface area contributed by atoms with Crippen molar-refractivity contribution in [2.45, 2.75) is 18.9 Å². The Morgan fingerprint density at radius 2 is 2.11 bits per heavy atom. The zero-order chi connectivity index (χ0) is 14.2.